The van der Waals surface area contributed by atoms with Crippen LogP contribution in [0.3, 0.4) is 0 Å². The summed E-state index contributed by atoms with van der Waals surface area (Å²) < 4.78 is 31.5. The zero-order valence-electron chi connectivity index (χ0n) is 12.9. The Bertz CT molecular complexity index is 472. The number of alkyl carbamates (subject to hydrolysis) is 1. The SMILES string of the molecule is CC(C)(C)OC(=O)NC(C(=O)C=[N+]=[N-])C1CCC(F)(F)CC1. The fraction of sp³-hybridized carbons (Fsp3) is 0.786. The molecule has 22 heavy (non-hydrogen) atoms. The molecule has 0 aliphatic heterocycles. The van der Waals surface area contributed by atoms with Crippen LogP contribution in [0.2, 0.25) is 0 Å². The van der Waals surface area contributed by atoms with Crippen LogP contribution in [0.25, 0.3) is 5.53 Å². The fourth-order valence-electron chi connectivity index (χ4n) is 2.39. The molecule has 0 heterocycles. The third kappa shape index (κ3) is 5.89. The van der Waals surface area contributed by atoms with Crippen LogP contribution in [-0.4, -0.2) is 40.4 Å². The van der Waals surface area contributed by atoms with Gasteiger partial charge >= 0.3 is 12.3 Å². The van der Waals surface area contributed by atoms with Crippen molar-refractivity contribution in [3.05, 3.63) is 5.53 Å². The highest BCUT2D eigenvalue weighted by Gasteiger charge is 2.41. The van der Waals surface area contributed by atoms with E-state index in [1.165, 1.54) is 0 Å². The lowest BCUT2D eigenvalue weighted by atomic mass is 9.81. The van der Waals surface area contributed by atoms with E-state index in [2.05, 4.69) is 10.1 Å². The third-order valence-corrected chi connectivity index (χ3v) is 3.40. The molecule has 0 aromatic carbocycles. The Kier molecular flexibility index (Phi) is 5.77. The van der Waals surface area contributed by atoms with Crippen LogP contribution in [0.5, 0.6) is 0 Å². The van der Waals surface area contributed by atoms with Gasteiger partial charge in [-0.15, -0.1) is 0 Å². The second kappa shape index (κ2) is 6.96. The number of ether oxygens (including phenoxy) is 1. The zero-order valence-corrected chi connectivity index (χ0v) is 12.9. The van der Waals surface area contributed by atoms with Crippen LogP contribution in [-0.2, 0) is 9.53 Å². The van der Waals surface area contributed by atoms with Gasteiger partial charge in [0.15, 0.2) is 0 Å². The summed E-state index contributed by atoms with van der Waals surface area (Å²) in [5.74, 6) is -3.83. The van der Waals surface area contributed by atoms with Gasteiger partial charge in [-0.25, -0.2) is 13.6 Å². The summed E-state index contributed by atoms with van der Waals surface area (Å²) in [7, 11) is 0. The molecule has 1 N–H and O–H groups in total. The van der Waals surface area contributed by atoms with Crippen LogP contribution in [0, 0.1) is 5.92 Å². The van der Waals surface area contributed by atoms with Crippen LogP contribution in [0.15, 0.2) is 0 Å². The number of amides is 1. The minimum Gasteiger partial charge on any atom is -0.444 e. The van der Waals surface area contributed by atoms with Gasteiger partial charge < -0.3 is 15.6 Å². The van der Waals surface area contributed by atoms with Crippen molar-refractivity contribution in [3.63, 3.8) is 0 Å². The largest absolute Gasteiger partial charge is 0.444 e. The first-order chi connectivity index (χ1) is 10.0. The average molecular weight is 317 g/mol. The van der Waals surface area contributed by atoms with E-state index in [1.807, 2.05) is 0 Å². The summed E-state index contributed by atoms with van der Waals surface area (Å²) in [5.41, 5.74) is 7.72. The number of carbonyl (C=O) groups is 2. The van der Waals surface area contributed by atoms with Gasteiger partial charge in [-0.05, 0) is 39.5 Å². The normalized spacial score (nSPS) is 19.7. The van der Waals surface area contributed by atoms with Crippen LogP contribution in [0.1, 0.15) is 46.5 Å². The molecule has 1 aliphatic carbocycles. The molecule has 1 rings (SSSR count). The lowest BCUT2D eigenvalue weighted by Gasteiger charge is -2.32. The number of hydrogen-bond acceptors (Lipinski definition) is 3. The number of carbonyl (C=O) groups excluding carboxylic acids is 2. The van der Waals surface area contributed by atoms with Crippen molar-refractivity contribution >= 4 is 18.1 Å². The third-order valence-electron chi connectivity index (χ3n) is 3.40. The summed E-state index contributed by atoms with van der Waals surface area (Å²) in [5, 5.41) is 2.40. The highest BCUT2D eigenvalue weighted by atomic mass is 19.3. The van der Waals surface area contributed by atoms with Gasteiger partial charge in [-0.3, -0.25) is 4.79 Å². The molecule has 8 heteroatoms. The van der Waals surface area contributed by atoms with Crippen LogP contribution < -0.4 is 5.32 Å². The molecule has 1 aliphatic rings. The van der Waals surface area contributed by atoms with Crippen molar-refractivity contribution < 1.29 is 27.9 Å². The molecule has 0 spiro atoms. The molecule has 0 aromatic rings. The molecule has 1 amide bonds. The molecular formula is C14H21F2N3O3. The van der Waals surface area contributed by atoms with Crippen molar-refractivity contribution in [1.82, 2.24) is 5.32 Å². The molecule has 0 bridgehead atoms. The van der Waals surface area contributed by atoms with Gasteiger partial charge in [0.1, 0.15) is 11.6 Å². The van der Waals surface area contributed by atoms with E-state index in [1.54, 1.807) is 20.8 Å². The number of rotatable bonds is 4. The minimum atomic E-state index is -2.74. The van der Waals surface area contributed by atoms with Crippen LogP contribution >= 0.6 is 0 Å². The summed E-state index contributed by atoms with van der Waals surface area (Å²) in [6, 6.07) is -1.04. The van der Waals surface area contributed by atoms with Gasteiger partial charge in [-0.2, -0.15) is 4.79 Å². The Hall–Kier alpha value is -1.82. The fourth-order valence-corrected chi connectivity index (χ4v) is 2.39. The number of halogens is 2. The van der Waals surface area contributed by atoms with E-state index >= 15 is 0 Å². The lowest BCUT2D eigenvalue weighted by Crippen LogP contribution is -2.49. The molecule has 6 nitrogen and oxygen atoms in total. The Morgan fingerprint density at radius 2 is 1.91 bits per heavy atom. The highest BCUT2D eigenvalue weighted by molar-refractivity contribution is 6.28. The maximum Gasteiger partial charge on any atom is 0.408 e. The zero-order chi connectivity index (χ0) is 17.0. The Balaban J connectivity index is 2.79. The standard InChI is InChI=1S/C14H21F2N3O3/c1-13(2,3)22-12(21)19-11(10(20)8-18-17)9-4-6-14(15,16)7-5-9/h8-9,11H,4-7H2,1-3H3,(H,19,21). The molecule has 1 saturated carbocycles. The van der Waals surface area contributed by atoms with Gasteiger partial charge in [0, 0.05) is 12.8 Å². The highest BCUT2D eigenvalue weighted by Crippen LogP contribution is 2.37. The van der Waals surface area contributed by atoms with Crippen LogP contribution in [0.4, 0.5) is 13.6 Å². The molecule has 1 atom stereocenters. The second-order valence-corrected chi connectivity index (χ2v) is 6.46. The van der Waals surface area contributed by atoms with Crippen molar-refractivity contribution in [2.24, 2.45) is 5.92 Å². The number of alkyl halides is 2. The second-order valence-electron chi connectivity index (χ2n) is 6.46. The Labute approximate surface area is 127 Å². The molecule has 0 radical (unpaired) electrons. The summed E-state index contributed by atoms with van der Waals surface area (Å²) in [6.07, 6.45) is -0.637. The molecule has 1 unspecified atom stereocenters. The van der Waals surface area contributed by atoms with Gasteiger partial charge in [0.25, 0.3) is 5.78 Å². The number of nitrogens with one attached hydrogen (secondary N) is 1. The molecule has 124 valence electrons. The average Bonchev–Trinajstić information content (AvgIpc) is 2.34. The summed E-state index contributed by atoms with van der Waals surface area (Å²) in [6.45, 7) is 5.00. The first kappa shape index (κ1) is 18.2. The summed E-state index contributed by atoms with van der Waals surface area (Å²) >= 11 is 0. The number of ketones is 1. The maximum absolute atomic E-state index is 13.2. The van der Waals surface area contributed by atoms with E-state index in [0.29, 0.717) is 6.21 Å². The summed E-state index contributed by atoms with van der Waals surface area (Å²) in [4.78, 5) is 26.4. The number of nitrogens with zero attached hydrogens (tertiary/aromatic N) is 2. The quantitative estimate of drug-likeness (QED) is 0.490. The first-order valence-corrected chi connectivity index (χ1v) is 7.13. The smallest absolute Gasteiger partial charge is 0.408 e. The van der Waals surface area contributed by atoms with Crippen molar-refractivity contribution in [3.8, 4) is 0 Å². The van der Waals surface area contributed by atoms with Gasteiger partial charge in [0.2, 0.25) is 5.92 Å². The minimum absolute atomic E-state index is 0.0957. The van der Waals surface area contributed by atoms with E-state index in [4.69, 9.17) is 10.3 Å². The molecule has 0 aromatic heterocycles. The Morgan fingerprint density at radius 1 is 1.36 bits per heavy atom. The monoisotopic (exact) mass is 317 g/mol. The van der Waals surface area contributed by atoms with E-state index in [-0.39, 0.29) is 25.7 Å². The lowest BCUT2D eigenvalue weighted by molar-refractivity contribution is -0.120. The molecule has 0 saturated heterocycles. The van der Waals surface area contributed by atoms with E-state index < -0.39 is 35.4 Å². The topological polar surface area (TPSA) is 91.8 Å². The molecular weight excluding hydrogens is 296 g/mol. The van der Waals surface area contributed by atoms with Crippen molar-refractivity contribution in [2.75, 3.05) is 0 Å². The predicted octanol–water partition coefficient (Wildman–Crippen LogP) is 2.57. The van der Waals surface area contributed by atoms with Gasteiger partial charge in [0.05, 0.1) is 0 Å². The van der Waals surface area contributed by atoms with E-state index in [0.717, 1.165) is 0 Å². The predicted molar refractivity (Wildman–Crippen MR) is 74.8 cm³/mol. The molecule has 1 fully saturated rings. The van der Waals surface area contributed by atoms with E-state index in [9.17, 15) is 18.4 Å². The number of hydrogen-bond donors (Lipinski definition) is 1. The maximum atomic E-state index is 13.2. The first-order valence-electron chi connectivity index (χ1n) is 7.13. The van der Waals surface area contributed by atoms with Crippen molar-refractivity contribution in [1.29, 1.82) is 0 Å². The van der Waals surface area contributed by atoms with Gasteiger partial charge in [-0.1, -0.05) is 0 Å². The van der Waals surface area contributed by atoms with Crippen molar-refractivity contribution in [2.45, 2.75) is 64.0 Å². The number of Topliss-reactive ketones (excluding diaryl/α,β-unsaturated/α-hetero) is 1. The Morgan fingerprint density at radius 3 is 2.36 bits per heavy atom.